The van der Waals surface area contributed by atoms with E-state index in [1.54, 1.807) is 24.3 Å². The first-order valence-electron chi connectivity index (χ1n) is 9.10. The lowest BCUT2D eigenvalue weighted by Gasteiger charge is -2.33. The lowest BCUT2D eigenvalue weighted by Crippen LogP contribution is -2.44. The Hall–Kier alpha value is -3.33. The van der Waals surface area contributed by atoms with Crippen molar-refractivity contribution in [2.75, 3.05) is 43.4 Å². The van der Waals surface area contributed by atoms with Crippen LogP contribution in [0.5, 0.6) is 0 Å². The zero-order chi connectivity index (χ0) is 19.5. The van der Waals surface area contributed by atoms with Crippen LogP contribution in [-0.2, 0) is 11.3 Å². The summed E-state index contributed by atoms with van der Waals surface area (Å²) in [6.45, 7) is 3.54. The van der Waals surface area contributed by atoms with Crippen LogP contribution in [0.2, 0.25) is 0 Å². The van der Waals surface area contributed by atoms with Crippen molar-refractivity contribution in [3.05, 3.63) is 53.3 Å². The summed E-state index contributed by atoms with van der Waals surface area (Å²) in [6.07, 6.45) is 2.83. The summed E-state index contributed by atoms with van der Waals surface area (Å²) in [5, 5.41) is 3.22. The number of nitrogens with one attached hydrogen (secondary N) is 1. The number of likely N-dealkylation sites (N-methyl/N-ethyl adjacent to an activating group) is 1. The molecule has 3 heterocycles. The van der Waals surface area contributed by atoms with E-state index in [1.807, 2.05) is 6.07 Å². The maximum Gasteiger partial charge on any atom is 0.261 e. The number of fused-ring (bicyclic) bond motifs is 1. The van der Waals surface area contributed by atoms with E-state index in [0.717, 1.165) is 32.0 Å². The van der Waals surface area contributed by atoms with Crippen molar-refractivity contribution in [2.24, 2.45) is 0 Å². The monoisotopic (exact) mass is 379 g/mol. The fourth-order valence-corrected chi connectivity index (χ4v) is 3.18. The number of nitrogens with zero attached hydrogens (tertiary/aromatic N) is 6. The van der Waals surface area contributed by atoms with Crippen molar-refractivity contribution >= 4 is 28.4 Å². The van der Waals surface area contributed by atoms with Crippen LogP contribution in [0.4, 0.5) is 11.6 Å². The molecule has 9 nitrogen and oxygen atoms in total. The number of hydrogen-bond donors (Lipinski definition) is 1. The van der Waals surface area contributed by atoms with Gasteiger partial charge in [0, 0.05) is 32.2 Å². The van der Waals surface area contributed by atoms with Gasteiger partial charge in [0.1, 0.15) is 24.5 Å². The lowest BCUT2D eigenvalue weighted by atomic mass is 10.2. The molecule has 1 aromatic carbocycles. The number of benzene rings is 1. The van der Waals surface area contributed by atoms with Crippen LogP contribution in [0.1, 0.15) is 0 Å². The van der Waals surface area contributed by atoms with Gasteiger partial charge in [-0.15, -0.1) is 0 Å². The Kier molecular flexibility index (Phi) is 4.98. The van der Waals surface area contributed by atoms with Gasteiger partial charge in [0.25, 0.3) is 5.56 Å². The molecule has 0 unspecified atom stereocenters. The van der Waals surface area contributed by atoms with Gasteiger partial charge in [-0.3, -0.25) is 14.2 Å². The van der Waals surface area contributed by atoms with E-state index in [4.69, 9.17) is 0 Å². The van der Waals surface area contributed by atoms with Gasteiger partial charge in [-0.2, -0.15) is 0 Å². The number of aromatic nitrogens is 4. The van der Waals surface area contributed by atoms with Crippen LogP contribution < -0.4 is 15.8 Å². The third kappa shape index (κ3) is 3.84. The van der Waals surface area contributed by atoms with Gasteiger partial charge in [0.15, 0.2) is 0 Å². The highest BCUT2D eigenvalue weighted by Gasteiger charge is 2.16. The summed E-state index contributed by atoms with van der Waals surface area (Å²) in [5.41, 5.74) is 0.360. The van der Waals surface area contributed by atoms with E-state index in [9.17, 15) is 9.59 Å². The van der Waals surface area contributed by atoms with Crippen LogP contribution in [0.25, 0.3) is 10.9 Å². The summed E-state index contributed by atoms with van der Waals surface area (Å²) < 4.78 is 1.29. The maximum atomic E-state index is 12.5. The fraction of sp³-hybridized carbons (Fsp3) is 0.316. The standard InChI is InChI=1S/C19H21N7O2/c1-24-6-8-25(9-7-24)17-10-16(20-12-21-17)23-18(27)11-26-13-22-15-5-3-2-4-14(15)19(26)28/h2-5,10,12-13H,6-9,11H2,1H3,(H,20,21,23,27). The molecule has 1 aliphatic rings. The molecule has 0 spiro atoms. The number of carbonyl (C=O) groups excluding carboxylic acids is 1. The molecule has 0 saturated carbocycles. The van der Waals surface area contributed by atoms with Gasteiger partial charge in [-0.1, -0.05) is 12.1 Å². The van der Waals surface area contributed by atoms with Crippen molar-refractivity contribution in [1.82, 2.24) is 24.4 Å². The van der Waals surface area contributed by atoms with E-state index in [1.165, 1.54) is 17.2 Å². The number of anilines is 2. The zero-order valence-corrected chi connectivity index (χ0v) is 15.6. The lowest BCUT2D eigenvalue weighted by molar-refractivity contribution is -0.116. The van der Waals surface area contributed by atoms with E-state index in [-0.39, 0.29) is 18.0 Å². The summed E-state index contributed by atoms with van der Waals surface area (Å²) in [6, 6.07) is 8.81. The van der Waals surface area contributed by atoms with Crippen molar-refractivity contribution in [2.45, 2.75) is 6.54 Å². The van der Waals surface area contributed by atoms with Crippen molar-refractivity contribution in [3.8, 4) is 0 Å². The molecule has 9 heteroatoms. The largest absolute Gasteiger partial charge is 0.354 e. The van der Waals surface area contributed by atoms with E-state index in [2.05, 4.69) is 37.1 Å². The van der Waals surface area contributed by atoms with Crippen molar-refractivity contribution in [3.63, 3.8) is 0 Å². The molecule has 1 saturated heterocycles. The highest BCUT2D eigenvalue weighted by Crippen LogP contribution is 2.16. The molecule has 4 rings (SSSR count). The number of amides is 1. The first-order chi connectivity index (χ1) is 13.6. The first-order valence-corrected chi connectivity index (χ1v) is 9.10. The van der Waals surface area contributed by atoms with Crippen LogP contribution in [0, 0.1) is 0 Å². The van der Waals surface area contributed by atoms with Gasteiger partial charge in [0.05, 0.1) is 17.2 Å². The quantitative estimate of drug-likeness (QED) is 0.708. The molecule has 1 fully saturated rings. The van der Waals surface area contributed by atoms with Gasteiger partial charge < -0.3 is 15.1 Å². The van der Waals surface area contributed by atoms with Crippen molar-refractivity contribution in [1.29, 1.82) is 0 Å². The Morgan fingerprint density at radius 3 is 2.71 bits per heavy atom. The third-order valence-electron chi connectivity index (χ3n) is 4.79. The third-order valence-corrected chi connectivity index (χ3v) is 4.79. The number of para-hydroxylation sites is 1. The Morgan fingerprint density at radius 1 is 1.11 bits per heavy atom. The smallest absolute Gasteiger partial charge is 0.261 e. The predicted octanol–water partition coefficient (Wildman–Crippen LogP) is 0.577. The van der Waals surface area contributed by atoms with Crippen molar-refractivity contribution < 1.29 is 4.79 Å². The number of piperazine rings is 1. The summed E-state index contributed by atoms with van der Waals surface area (Å²) in [7, 11) is 2.09. The molecule has 1 amide bonds. The number of hydrogen-bond acceptors (Lipinski definition) is 7. The maximum absolute atomic E-state index is 12.5. The highest BCUT2D eigenvalue weighted by atomic mass is 16.2. The minimum atomic E-state index is -0.345. The van der Waals surface area contributed by atoms with Gasteiger partial charge >= 0.3 is 0 Å². The normalized spacial score (nSPS) is 15.0. The Bertz CT molecular complexity index is 1060. The molecule has 3 aromatic rings. The molecular weight excluding hydrogens is 358 g/mol. The van der Waals surface area contributed by atoms with Gasteiger partial charge in [-0.25, -0.2) is 15.0 Å². The van der Waals surface area contributed by atoms with Crippen LogP contribution in [-0.4, -0.2) is 63.6 Å². The van der Waals surface area contributed by atoms with Gasteiger partial charge in [-0.05, 0) is 19.2 Å². The molecule has 0 bridgehead atoms. The Labute approximate surface area is 161 Å². The molecule has 0 aliphatic carbocycles. The van der Waals surface area contributed by atoms with Gasteiger partial charge in [0.2, 0.25) is 5.91 Å². The molecule has 1 aliphatic heterocycles. The second kappa shape index (κ2) is 7.73. The molecule has 1 N–H and O–H groups in total. The Balaban J connectivity index is 1.46. The first kappa shape index (κ1) is 18.1. The molecular formula is C19H21N7O2. The average molecular weight is 379 g/mol. The fourth-order valence-electron chi connectivity index (χ4n) is 3.18. The minimum Gasteiger partial charge on any atom is -0.354 e. The second-order valence-corrected chi connectivity index (χ2v) is 6.79. The van der Waals surface area contributed by atoms with E-state index >= 15 is 0 Å². The molecule has 0 radical (unpaired) electrons. The molecule has 144 valence electrons. The second-order valence-electron chi connectivity index (χ2n) is 6.79. The number of carbonyl (C=O) groups is 1. The topological polar surface area (TPSA) is 96.2 Å². The van der Waals surface area contributed by atoms with Crippen LogP contribution >= 0.6 is 0 Å². The van der Waals surface area contributed by atoms with Crippen LogP contribution in [0.3, 0.4) is 0 Å². The highest BCUT2D eigenvalue weighted by molar-refractivity contribution is 5.90. The Morgan fingerprint density at radius 2 is 1.89 bits per heavy atom. The number of rotatable bonds is 4. The minimum absolute atomic E-state index is 0.134. The van der Waals surface area contributed by atoms with E-state index in [0.29, 0.717) is 16.7 Å². The zero-order valence-electron chi connectivity index (χ0n) is 15.6. The van der Waals surface area contributed by atoms with E-state index < -0.39 is 0 Å². The molecule has 28 heavy (non-hydrogen) atoms. The predicted molar refractivity (Wildman–Crippen MR) is 106 cm³/mol. The average Bonchev–Trinajstić information content (AvgIpc) is 2.71. The SMILES string of the molecule is CN1CCN(c2cc(NC(=O)Cn3cnc4ccccc4c3=O)ncn2)CC1. The summed E-state index contributed by atoms with van der Waals surface area (Å²) in [4.78, 5) is 42.0. The summed E-state index contributed by atoms with van der Waals surface area (Å²) >= 11 is 0. The molecule has 2 aromatic heterocycles. The summed E-state index contributed by atoms with van der Waals surface area (Å²) in [5.74, 6) is 0.848. The van der Waals surface area contributed by atoms with Crippen LogP contribution in [0.15, 0.2) is 47.8 Å². The molecule has 0 atom stereocenters.